The van der Waals surface area contributed by atoms with E-state index in [2.05, 4.69) is 4.98 Å². The van der Waals surface area contributed by atoms with Crippen molar-refractivity contribution in [2.75, 3.05) is 0 Å². The summed E-state index contributed by atoms with van der Waals surface area (Å²) in [6.07, 6.45) is 3.20. The van der Waals surface area contributed by atoms with Gasteiger partial charge in [0.15, 0.2) is 5.69 Å². The van der Waals surface area contributed by atoms with Crippen LogP contribution in [-0.4, -0.2) is 15.5 Å². The third-order valence-electron chi connectivity index (χ3n) is 2.13. The van der Waals surface area contributed by atoms with Crippen molar-refractivity contribution in [1.29, 1.82) is 0 Å². The van der Waals surface area contributed by atoms with Gasteiger partial charge in [0.2, 0.25) is 0 Å². The normalized spacial score (nSPS) is 10.1. The Morgan fingerprint density at radius 1 is 1.38 bits per heavy atom. The minimum Gasteiger partial charge on any atom is -0.456 e. The van der Waals surface area contributed by atoms with Crippen LogP contribution in [0.2, 0.25) is 0 Å². The molecule has 4 heteroatoms. The molecule has 2 aromatic rings. The van der Waals surface area contributed by atoms with E-state index in [0.717, 1.165) is 5.56 Å². The summed E-state index contributed by atoms with van der Waals surface area (Å²) in [7, 11) is 1.81. The number of carbonyl (C=O) groups excluding carboxylic acids is 1. The molecule has 0 aliphatic rings. The maximum absolute atomic E-state index is 11.5. The molecule has 1 aromatic carbocycles. The van der Waals surface area contributed by atoms with E-state index < -0.39 is 5.97 Å². The highest BCUT2D eigenvalue weighted by atomic mass is 16.5. The van der Waals surface area contributed by atoms with Crippen molar-refractivity contribution in [2.45, 2.75) is 6.61 Å². The fourth-order valence-electron chi connectivity index (χ4n) is 1.32. The number of aryl methyl sites for hydroxylation is 1. The number of benzene rings is 1. The second-order valence-corrected chi connectivity index (χ2v) is 3.49. The molecule has 82 valence electrons. The Morgan fingerprint density at radius 2 is 2.12 bits per heavy atom. The van der Waals surface area contributed by atoms with E-state index in [9.17, 15) is 4.79 Å². The molecule has 0 N–H and O–H groups in total. The van der Waals surface area contributed by atoms with Crippen LogP contribution in [0.15, 0.2) is 42.9 Å². The first-order valence-corrected chi connectivity index (χ1v) is 4.95. The number of imidazole rings is 1. The van der Waals surface area contributed by atoms with Gasteiger partial charge in [-0.15, -0.1) is 0 Å². The number of aromatic nitrogens is 2. The first kappa shape index (κ1) is 10.4. The second kappa shape index (κ2) is 4.61. The summed E-state index contributed by atoms with van der Waals surface area (Å²) in [5.74, 6) is -0.399. The molecular weight excluding hydrogens is 204 g/mol. The number of rotatable bonds is 3. The molecule has 0 aliphatic heterocycles. The van der Waals surface area contributed by atoms with Crippen LogP contribution < -0.4 is 0 Å². The third kappa shape index (κ3) is 2.48. The molecule has 0 fully saturated rings. The van der Waals surface area contributed by atoms with Crippen molar-refractivity contribution >= 4 is 5.97 Å². The summed E-state index contributed by atoms with van der Waals surface area (Å²) < 4.78 is 6.82. The zero-order valence-electron chi connectivity index (χ0n) is 8.96. The maximum Gasteiger partial charge on any atom is 0.358 e. The Morgan fingerprint density at radius 3 is 2.75 bits per heavy atom. The SMILES string of the molecule is Cn1cnc(C(=O)OCc2ccccc2)c1. The van der Waals surface area contributed by atoms with Crippen LogP contribution in [-0.2, 0) is 18.4 Å². The molecule has 1 aromatic heterocycles. The van der Waals surface area contributed by atoms with Gasteiger partial charge in [-0.05, 0) is 5.56 Å². The molecule has 16 heavy (non-hydrogen) atoms. The molecule has 0 saturated heterocycles. The fourth-order valence-corrected chi connectivity index (χ4v) is 1.32. The Balaban J connectivity index is 1.94. The van der Waals surface area contributed by atoms with E-state index in [4.69, 9.17) is 4.74 Å². The summed E-state index contributed by atoms with van der Waals surface area (Å²) >= 11 is 0. The van der Waals surface area contributed by atoms with E-state index in [1.165, 1.54) is 0 Å². The van der Waals surface area contributed by atoms with Gasteiger partial charge in [-0.2, -0.15) is 0 Å². The van der Waals surface area contributed by atoms with E-state index in [-0.39, 0.29) is 6.61 Å². The zero-order valence-corrected chi connectivity index (χ0v) is 8.96. The van der Waals surface area contributed by atoms with E-state index >= 15 is 0 Å². The molecule has 0 saturated carbocycles. The summed E-state index contributed by atoms with van der Waals surface area (Å²) in [6.45, 7) is 0.274. The van der Waals surface area contributed by atoms with E-state index in [0.29, 0.717) is 5.69 Å². The Hall–Kier alpha value is -2.10. The maximum atomic E-state index is 11.5. The smallest absolute Gasteiger partial charge is 0.358 e. The van der Waals surface area contributed by atoms with Gasteiger partial charge in [0.25, 0.3) is 0 Å². The molecule has 0 unspecified atom stereocenters. The lowest BCUT2D eigenvalue weighted by Gasteiger charge is -2.02. The number of esters is 1. The van der Waals surface area contributed by atoms with Crippen molar-refractivity contribution in [2.24, 2.45) is 7.05 Å². The van der Waals surface area contributed by atoms with Gasteiger partial charge in [0, 0.05) is 13.2 Å². The summed E-state index contributed by atoms with van der Waals surface area (Å²) in [6, 6.07) is 9.55. The molecule has 0 spiro atoms. The molecule has 0 amide bonds. The van der Waals surface area contributed by atoms with E-state index in [1.807, 2.05) is 30.3 Å². The third-order valence-corrected chi connectivity index (χ3v) is 2.13. The molecule has 4 nitrogen and oxygen atoms in total. The van der Waals surface area contributed by atoms with Crippen LogP contribution in [0.1, 0.15) is 16.1 Å². The van der Waals surface area contributed by atoms with Gasteiger partial charge in [-0.3, -0.25) is 0 Å². The van der Waals surface area contributed by atoms with Crippen molar-refractivity contribution in [1.82, 2.24) is 9.55 Å². The average Bonchev–Trinajstić information content (AvgIpc) is 2.74. The van der Waals surface area contributed by atoms with Crippen LogP contribution in [0.3, 0.4) is 0 Å². The number of carbonyl (C=O) groups is 1. The molecule has 0 aliphatic carbocycles. The van der Waals surface area contributed by atoms with Crippen LogP contribution in [0.25, 0.3) is 0 Å². The number of hydrogen-bond donors (Lipinski definition) is 0. The quantitative estimate of drug-likeness (QED) is 0.734. The molecule has 0 atom stereocenters. The first-order chi connectivity index (χ1) is 7.75. The number of nitrogens with zero attached hydrogens (tertiary/aromatic N) is 2. The summed E-state index contributed by atoms with van der Waals surface area (Å²) in [5, 5.41) is 0. The lowest BCUT2D eigenvalue weighted by atomic mass is 10.2. The van der Waals surface area contributed by atoms with E-state index in [1.54, 1.807) is 24.1 Å². The lowest BCUT2D eigenvalue weighted by Crippen LogP contribution is -2.05. The van der Waals surface area contributed by atoms with Crippen molar-refractivity contribution in [3.63, 3.8) is 0 Å². The largest absolute Gasteiger partial charge is 0.456 e. The van der Waals surface area contributed by atoms with Crippen LogP contribution in [0, 0.1) is 0 Å². The van der Waals surface area contributed by atoms with Gasteiger partial charge in [0.1, 0.15) is 6.61 Å². The van der Waals surface area contributed by atoms with Crippen molar-refractivity contribution in [3.05, 3.63) is 54.1 Å². The predicted molar refractivity (Wildman–Crippen MR) is 58.8 cm³/mol. The predicted octanol–water partition coefficient (Wildman–Crippen LogP) is 1.78. The second-order valence-electron chi connectivity index (χ2n) is 3.49. The zero-order chi connectivity index (χ0) is 11.4. The minimum atomic E-state index is -0.399. The van der Waals surface area contributed by atoms with Gasteiger partial charge in [-0.25, -0.2) is 9.78 Å². The Labute approximate surface area is 93.5 Å². The average molecular weight is 216 g/mol. The molecule has 2 rings (SSSR count). The van der Waals surface area contributed by atoms with Gasteiger partial charge < -0.3 is 9.30 Å². The minimum absolute atomic E-state index is 0.274. The highest BCUT2D eigenvalue weighted by Crippen LogP contribution is 2.04. The molecular formula is C12H12N2O2. The van der Waals surface area contributed by atoms with Gasteiger partial charge in [0.05, 0.1) is 6.33 Å². The van der Waals surface area contributed by atoms with Crippen LogP contribution in [0.5, 0.6) is 0 Å². The molecule has 1 heterocycles. The van der Waals surface area contributed by atoms with Gasteiger partial charge in [-0.1, -0.05) is 30.3 Å². The highest BCUT2D eigenvalue weighted by Gasteiger charge is 2.09. The number of hydrogen-bond acceptors (Lipinski definition) is 3. The fraction of sp³-hybridized carbons (Fsp3) is 0.167. The van der Waals surface area contributed by atoms with Crippen molar-refractivity contribution < 1.29 is 9.53 Å². The standard InChI is InChI=1S/C12H12N2O2/c1-14-7-11(13-9-14)12(15)16-8-10-5-3-2-4-6-10/h2-7,9H,8H2,1H3. The summed E-state index contributed by atoms with van der Waals surface area (Å²) in [5.41, 5.74) is 1.30. The number of ether oxygens (including phenoxy) is 1. The Kier molecular flexibility index (Phi) is 3.00. The first-order valence-electron chi connectivity index (χ1n) is 4.95. The van der Waals surface area contributed by atoms with Crippen LogP contribution in [0.4, 0.5) is 0 Å². The molecule has 0 bridgehead atoms. The Bertz CT molecular complexity index is 477. The topological polar surface area (TPSA) is 44.1 Å². The summed E-state index contributed by atoms with van der Waals surface area (Å²) in [4.78, 5) is 15.4. The monoisotopic (exact) mass is 216 g/mol. The van der Waals surface area contributed by atoms with Crippen LogP contribution >= 0.6 is 0 Å². The van der Waals surface area contributed by atoms with Crippen molar-refractivity contribution in [3.8, 4) is 0 Å². The lowest BCUT2D eigenvalue weighted by molar-refractivity contribution is 0.0466. The molecule has 0 radical (unpaired) electrons. The highest BCUT2D eigenvalue weighted by molar-refractivity contribution is 5.86. The van der Waals surface area contributed by atoms with Gasteiger partial charge >= 0.3 is 5.97 Å².